The average Bonchev–Trinajstić information content (AvgIpc) is 2.95. The van der Waals surface area contributed by atoms with Crippen molar-refractivity contribution in [2.24, 2.45) is 0 Å². The van der Waals surface area contributed by atoms with Crippen LogP contribution >= 0.6 is 23.2 Å². The van der Waals surface area contributed by atoms with Gasteiger partial charge in [0, 0.05) is 22.6 Å². The summed E-state index contributed by atoms with van der Waals surface area (Å²) in [6.45, 7) is 10.9. The van der Waals surface area contributed by atoms with Crippen LogP contribution in [0.25, 0.3) is 0 Å². The molecule has 3 aromatic carbocycles. The highest BCUT2D eigenvalue weighted by Crippen LogP contribution is 2.28. The van der Waals surface area contributed by atoms with Crippen LogP contribution in [0.3, 0.4) is 0 Å². The Balaban J connectivity index is 2.06. The van der Waals surface area contributed by atoms with Crippen molar-refractivity contribution in [2.75, 3.05) is 10.8 Å². The van der Waals surface area contributed by atoms with Gasteiger partial charge in [-0.3, -0.25) is 13.9 Å². The number of hydrogen-bond donors (Lipinski definition) is 1. The zero-order valence-corrected chi connectivity index (χ0v) is 27.2. The number of aryl methyl sites for hydroxylation is 1. The zero-order chi connectivity index (χ0) is 31.2. The molecule has 0 radical (unpaired) electrons. The van der Waals surface area contributed by atoms with Crippen LogP contribution in [0.1, 0.15) is 63.6 Å². The molecule has 1 N–H and O–H groups in total. The van der Waals surface area contributed by atoms with Crippen molar-refractivity contribution in [3.63, 3.8) is 0 Å². The van der Waals surface area contributed by atoms with E-state index < -0.39 is 28.5 Å². The third-order valence-electron chi connectivity index (χ3n) is 7.26. The number of anilines is 1. The highest BCUT2D eigenvalue weighted by Gasteiger charge is 2.33. The van der Waals surface area contributed by atoms with Gasteiger partial charge in [-0.15, -0.1) is 0 Å². The number of sulfonamides is 1. The molecular weight excluding hydrogens is 593 g/mol. The van der Waals surface area contributed by atoms with E-state index in [4.69, 9.17) is 23.2 Å². The molecule has 0 fully saturated rings. The van der Waals surface area contributed by atoms with Crippen molar-refractivity contribution < 1.29 is 18.0 Å². The standard InChI is InChI=1S/C32H39Cl2N3O4S/c1-7-23(5)35-32(39)24(6)36(19-26-10-13-27(33)18-30(26)34)31(38)20-37(28-14-11-25(12-15-28)21(2)3)42(40,41)29-16-8-22(4)9-17-29/h8-18,21,23-24H,7,19-20H2,1-6H3,(H,35,39). The maximum Gasteiger partial charge on any atom is 0.264 e. The fourth-order valence-corrected chi connectivity index (χ4v) is 6.16. The third-order valence-corrected chi connectivity index (χ3v) is 9.63. The maximum atomic E-state index is 14.1. The Labute approximate surface area is 259 Å². The highest BCUT2D eigenvalue weighted by molar-refractivity contribution is 7.92. The summed E-state index contributed by atoms with van der Waals surface area (Å²) < 4.78 is 29.1. The largest absolute Gasteiger partial charge is 0.352 e. The molecule has 0 aromatic heterocycles. The van der Waals surface area contributed by atoms with Gasteiger partial charge in [0.25, 0.3) is 10.0 Å². The van der Waals surface area contributed by atoms with Crippen LogP contribution in [0.2, 0.25) is 10.0 Å². The first-order valence-corrected chi connectivity index (χ1v) is 16.2. The normalized spacial score (nSPS) is 13.0. The molecule has 0 aliphatic carbocycles. The SMILES string of the molecule is CCC(C)NC(=O)C(C)N(Cc1ccc(Cl)cc1Cl)C(=O)CN(c1ccc(C(C)C)cc1)S(=O)(=O)c1ccc(C)cc1. The predicted octanol–water partition coefficient (Wildman–Crippen LogP) is 6.95. The van der Waals surface area contributed by atoms with Crippen LogP contribution in [0.5, 0.6) is 0 Å². The lowest BCUT2D eigenvalue weighted by Gasteiger charge is -2.32. The van der Waals surface area contributed by atoms with Crippen LogP contribution in [-0.4, -0.2) is 43.8 Å². The minimum absolute atomic E-state index is 0.0192. The van der Waals surface area contributed by atoms with E-state index in [-0.39, 0.29) is 29.3 Å². The smallest absolute Gasteiger partial charge is 0.264 e. The number of amides is 2. The quantitative estimate of drug-likeness (QED) is 0.234. The zero-order valence-electron chi connectivity index (χ0n) is 24.9. The van der Waals surface area contributed by atoms with Crippen molar-refractivity contribution in [3.8, 4) is 0 Å². The summed E-state index contributed by atoms with van der Waals surface area (Å²) >= 11 is 12.5. The Morgan fingerprint density at radius 3 is 2.07 bits per heavy atom. The number of hydrogen-bond acceptors (Lipinski definition) is 4. The third kappa shape index (κ3) is 8.27. The van der Waals surface area contributed by atoms with E-state index in [2.05, 4.69) is 5.32 Å². The minimum Gasteiger partial charge on any atom is -0.352 e. The fourth-order valence-electron chi connectivity index (χ4n) is 4.27. The molecule has 10 heteroatoms. The van der Waals surface area contributed by atoms with Crippen molar-refractivity contribution in [1.29, 1.82) is 0 Å². The maximum absolute atomic E-state index is 14.1. The van der Waals surface area contributed by atoms with Gasteiger partial charge in [0.1, 0.15) is 12.6 Å². The van der Waals surface area contributed by atoms with Gasteiger partial charge in [0.15, 0.2) is 0 Å². The molecule has 7 nitrogen and oxygen atoms in total. The summed E-state index contributed by atoms with van der Waals surface area (Å²) in [4.78, 5) is 28.7. The minimum atomic E-state index is -4.15. The second kappa shape index (κ2) is 14.4. The molecule has 3 rings (SSSR count). The van der Waals surface area contributed by atoms with Crippen LogP contribution < -0.4 is 9.62 Å². The van der Waals surface area contributed by atoms with E-state index in [0.29, 0.717) is 27.7 Å². The van der Waals surface area contributed by atoms with Gasteiger partial charge in [-0.25, -0.2) is 8.42 Å². The van der Waals surface area contributed by atoms with E-state index in [0.717, 1.165) is 15.4 Å². The Morgan fingerprint density at radius 2 is 1.52 bits per heavy atom. The monoisotopic (exact) mass is 631 g/mol. The Bertz CT molecular complexity index is 1490. The Hall–Kier alpha value is -3.07. The number of halogens is 2. The van der Waals surface area contributed by atoms with E-state index >= 15 is 0 Å². The summed E-state index contributed by atoms with van der Waals surface area (Å²) in [6, 6.07) is 17.5. The van der Waals surface area contributed by atoms with Crippen molar-refractivity contribution >= 4 is 50.7 Å². The summed E-state index contributed by atoms with van der Waals surface area (Å²) in [5.41, 5.74) is 2.86. The molecule has 2 amide bonds. The lowest BCUT2D eigenvalue weighted by molar-refractivity contribution is -0.139. The van der Waals surface area contributed by atoms with Gasteiger partial charge < -0.3 is 10.2 Å². The molecule has 0 heterocycles. The first-order valence-electron chi connectivity index (χ1n) is 14.0. The number of benzene rings is 3. The van der Waals surface area contributed by atoms with E-state index in [1.807, 2.05) is 46.8 Å². The number of carbonyl (C=O) groups excluding carboxylic acids is 2. The molecule has 3 aromatic rings. The molecule has 0 aliphatic rings. The number of rotatable bonds is 12. The van der Waals surface area contributed by atoms with Crippen LogP contribution in [0, 0.1) is 6.92 Å². The first-order chi connectivity index (χ1) is 19.7. The summed E-state index contributed by atoms with van der Waals surface area (Å²) in [6.07, 6.45) is 0.713. The molecule has 0 saturated heterocycles. The number of nitrogens with zero attached hydrogens (tertiary/aromatic N) is 2. The van der Waals surface area contributed by atoms with Gasteiger partial charge in [0.2, 0.25) is 11.8 Å². The van der Waals surface area contributed by atoms with E-state index in [1.54, 1.807) is 49.4 Å². The first kappa shape index (κ1) is 33.4. The van der Waals surface area contributed by atoms with Crippen LogP contribution in [-0.2, 0) is 26.2 Å². The van der Waals surface area contributed by atoms with E-state index in [9.17, 15) is 18.0 Å². The molecule has 0 aliphatic heterocycles. The summed E-state index contributed by atoms with van der Waals surface area (Å²) in [5, 5.41) is 3.69. The molecule has 0 saturated carbocycles. The molecule has 0 bridgehead atoms. The average molecular weight is 633 g/mol. The van der Waals surface area contributed by atoms with Crippen LogP contribution in [0.15, 0.2) is 71.6 Å². The topological polar surface area (TPSA) is 86.8 Å². The second-order valence-corrected chi connectivity index (χ2v) is 13.5. The molecular formula is C32H39Cl2N3O4S. The number of nitrogens with one attached hydrogen (secondary N) is 1. The fraction of sp³-hybridized carbons (Fsp3) is 0.375. The number of carbonyl (C=O) groups is 2. The Morgan fingerprint density at radius 1 is 0.905 bits per heavy atom. The lowest BCUT2D eigenvalue weighted by atomic mass is 10.0. The molecule has 2 unspecified atom stereocenters. The van der Waals surface area contributed by atoms with Gasteiger partial charge in [-0.05, 0) is 80.6 Å². The predicted molar refractivity (Wildman–Crippen MR) is 171 cm³/mol. The molecule has 0 spiro atoms. The summed E-state index contributed by atoms with van der Waals surface area (Å²) in [7, 11) is -4.15. The molecule has 226 valence electrons. The lowest BCUT2D eigenvalue weighted by Crippen LogP contribution is -2.52. The Kier molecular flexibility index (Phi) is 11.5. The van der Waals surface area contributed by atoms with Gasteiger partial charge in [-0.1, -0.05) is 79.9 Å². The van der Waals surface area contributed by atoms with Gasteiger partial charge in [-0.2, -0.15) is 0 Å². The van der Waals surface area contributed by atoms with Crippen molar-refractivity contribution in [1.82, 2.24) is 10.2 Å². The van der Waals surface area contributed by atoms with E-state index in [1.165, 1.54) is 17.0 Å². The van der Waals surface area contributed by atoms with Gasteiger partial charge >= 0.3 is 0 Å². The summed E-state index contributed by atoms with van der Waals surface area (Å²) in [5.74, 6) is -0.666. The van der Waals surface area contributed by atoms with Gasteiger partial charge in [0.05, 0.1) is 10.6 Å². The van der Waals surface area contributed by atoms with Crippen LogP contribution in [0.4, 0.5) is 5.69 Å². The molecule has 42 heavy (non-hydrogen) atoms. The highest BCUT2D eigenvalue weighted by atomic mass is 35.5. The van der Waals surface area contributed by atoms with Crippen molar-refractivity contribution in [3.05, 3.63) is 93.5 Å². The molecule has 2 atom stereocenters. The second-order valence-electron chi connectivity index (χ2n) is 10.8. The van der Waals surface area contributed by atoms with Crippen molar-refractivity contribution in [2.45, 2.75) is 77.4 Å².